The number of hydrazone groups is 1. The van der Waals surface area contributed by atoms with Gasteiger partial charge in [0.2, 0.25) is 0 Å². The Labute approximate surface area is 180 Å². The van der Waals surface area contributed by atoms with Gasteiger partial charge in [0, 0.05) is 11.8 Å². The van der Waals surface area contributed by atoms with Gasteiger partial charge in [-0.1, -0.05) is 48.0 Å². The summed E-state index contributed by atoms with van der Waals surface area (Å²) in [4.78, 5) is 23.9. The highest BCUT2D eigenvalue weighted by molar-refractivity contribution is 6.39. The lowest BCUT2D eigenvalue weighted by Gasteiger charge is -2.07. The van der Waals surface area contributed by atoms with Crippen LogP contribution in [0.2, 0.25) is 0 Å². The summed E-state index contributed by atoms with van der Waals surface area (Å²) in [6.07, 6.45) is 1.44. The van der Waals surface area contributed by atoms with Crippen LogP contribution in [0.15, 0.2) is 77.9 Å². The number of carbonyl (C=O) groups is 2. The molecule has 2 N–H and O–H groups in total. The van der Waals surface area contributed by atoms with Crippen LogP contribution >= 0.6 is 0 Å². The van der Waals surface area contributed by atoms with Crippen LogP contribution in [0, 0.1) is 6.92 Å². The average Bonchev–Trinajstić information content (AvgIpc) is 2.79. The summed E-state index contributed by atoms with van der Waals surface area (Å²) in [5.41, 5.74) is 5.64. The van der Waals surface area contributed by atoms with Crippen LogP contribution in [0.5, 0.6) is 11.5 Å². The highest BCUT2D eigenvalue weighted by Crippen LogP contribution is 2.17. The molecule has 7 nitrogen and oxygen atoms in total. The molecule has 0 unspecified atom stereocenters. The number of carbonyl (C=O) groups excluding carboxylic acids is 2. The second kappa shape index (κ2) is 10.6. The minimum Gasteiger partial charge on any atom is -0.497 e. The Morgan fingerprint density at radius 1 is 0.935 bits per heavy atom. The van der Waals surface area contributed by atoms with Crippen LogP contribution in [0.4, 0.5) is 5.69 Å². The lowest BCUT2D eigenvalue weighted by molar-refractivity contribution is -0.136. The van der Waals surface area contributed by atoms with E-state index in [1.807, 2.05) is 49.4 Å². The Morgan fingerprint density at radius 3 is 2.45 bits per heavy atom. The molecule has 0 aliphatic carbocycles. The molecule has 0 atom stereocenters. The predicted molar refractivity (Wildman–Crippen MR) is 119 cm³/mol. The standard InChI is InChI=1S/C24H23N3O4/c1-17-9-11-18(12-10-17)16-31-22-8-3-5-19(13-22)15-25-27-24(29)23(28)26-20-6-4-7-21(14-20)30-2/h3-15H,16H2,1-2H3,(H,26,28)(H,27,29)/b25-15-. The van der Waals surface area contributed by atoms with Crippen molar-refractivity contribution in [1.29, 1.82) is 0 Å². The number of nitrogens with zero attached hydrogens (tertiary/aromatic N) is 1. The van der Waals surface area contributed by atoms with Gasteiger partial charge in [-0.2, -0.15) is 5.10 Å². The van der Waals surface area contributed by atoms with Gasteiger partial charge in [0.15, 0.2) is 0 Å². The normalized spacial score (nSPS) is 10.5. The van der Waals surface area contributed by atoms with E-state index in [-0.39, 0.29) is 0 Å². The van der Waals surface area contributed by atoms with Crippen molar-refractivity contribution < 1.29 is 19.1 Å². The Balaban J connectivity index is 1.51. The maximum absolute atomic E-state index is 12.0. The third-order valence-electron chi connectivity index (χ3n) is 4.30. The van der Waals surface area contributed by atoms with E-state index in [1.165, 1.54) is 18.9 Å². The lowest BCUT2D eigenvalue weighted by atomic mass is 10.2. The summed E-state index contributed by atoms with van der Waals surface area (Å²) < 4.78 is 10.9. The van der Waals surface area contributed by atoms with Gasteiger partial charge in [-0.15, -0.1) is 0 Å². The summed E-state index contributed by atoms with van der Waals surface area (Å²) in [6.45, 7) is 2.48. The number of hydrogen-bond acceptors (Lipinski definition) is 5. The van der Waals surface area contributed by atoms with E-state index in [4.69, 9.17) is 9.47 Å². The fourth-order valence-electron chi connectivity index (χ4n) is 2.64. The molecule has 158 valence electrons. The van der Waals surface area contributed by atoms with E-state index in [0.29, 0.717) is 23.8 Å². The number of anilines is 1. The number of aryl methyl sites for hydroxylation is 1. The van der Waals surface area contributed by atoms with Gasteiger partial charge in [-0.25, -0.2) is 5.43 Å². The molecule has 0 saturated heterocycles. The van der Waals surface area contributed by atoms with E-state index in [9.17, 15) is 9.59 Å². The van der Waals surface area contributed by atoms with Gasteiger partial charge in [0.25, 0.3) is 0 Å². The zero-order chi connectivity index (χ0) is 22.1. The first kappa shape index (κ1) is 21.6. The van der Waals surface area contributed by atoms with Crippen molar-refractivity contribution in [3.63, 3.8) is 0 Å². The molecule has 0 aliphatic heterocycles. The molecule has 0 radical (unpaired) electrons. The molecule has 0 heterocycles. The fraction of sp³-hybridized carbons (Fsp3) is 0.125. The molecular formula is C24H23N3O4. The molecule has 3 aromatic rings. The number of rotatable bonds is 7. The van der Waals surface area contributed by atoms with E-state index in [0.717, 1.165) is 11.1 Å². The Hall–Kier alpha value is -4.13. The number of amides is 2. The average molecular weight is 417 g/mol. The van der Waals surface area contributed by atoms with Crippen LogP contribution in [0.1, 0.15) is 16.7 Å². The molecule has 0 bridgehead atoms. The smallest absolute Gasteiger partial charge is 0.329 e. The summed E-state index contributed by atoms with van der Waals surface area (Å²) in [5, 5.41) is 6.33. The fourth-order valence-corrected chi connectivity index (χ4v) is 2.64. The second-order valence-corrected chi connectivity index (χ2v) is 6.73. The Morgan fingerprint density at radius 2 is 1.68 bits per heavy atom. The molecule has 0 aromatic heterocycles. The molecule has 3 rings (SSSR count). The second-order valence-electron chi connectivity index (χ2n) is 6.73. The third-order valence-corrected chi connectivity index (χ3v) is 4.30. The molecule has 0 saturated carbocycles. The quantitative estimate of drug-likeness (QED) is 0.349. The van der Waals surface area contributed by atoms with Gasteiger partial charge in [-0.3, -0.25) is 9.59 Å². The van der Waals surface area contributed by atoms with Gasteiger partial charge in [0.05, 0.1) is 13.3 Å². The summed E-state index contributed by atoms with van der Waals surface area (Å²) in [5.74, 6) is -0.473. The van der Waals surface area contributed by atoms with Crippen molar-refractivity contribution in [1.82, 2.24) is 5.43 Å². The van der Waals surface area contributed by atoms with E-state index in [1.54, 1.807) is 30.3 Å². The molecular weight excluding hydrogens is 394 g/mol. The summed E-state index contributed by atoms with van der Waals surface area (Å²) >= 11 is 0. The molecule has 0 spiro atoms. The minimum absolute atomic E-state index is 0.446. The van der Waals surface area contributed by atoms with Crippen molar-refractivity contribution in [3.8, 4) is 11.5 Å². The Kier molecular flexibility index (Phi) is 7.37. The van der Waals surface area contributed by atoms with Crippen LogP contribution < -0.4 is 20.2 Å². The van der Waals surface area contributed by atoms with Crippen molar-refractivity contribution in [2.75, 3.05) is 12.4 Å². The number of ether oxygens (including phenoxy) is 2. The highest BCUT2D eigenvalue weighted by atomic mass is 16.5. The van der Waals surface area contributed by atoms with Crippen molar-refractivity contribution in [2.45, 2.75) is 13.5 Å². The lowest BCUT2D eigenvalue weighted by Crippen LogP contribution is -2.32. The summed E-state index contributed by atoms with van der Waals surface area (Å²) in [7, 11) is 1.52. The minimum atomic E-state index is -0.883. The Bertz CT molecular complexity index is 1080. The van der Waals surface area contributed by atoms with Crippen LogP contribution in [-0.2, 0) is 16.2 Å². The van der Waals surface area contributed by atoms with Crippen molar-refractivity contribution in [2.24, 2.45) is 5.10 Å². The maximum Gasteiger partial charge on any atom is 0.329 e. The van der Waals surface area contributed by atoms with Crippen LogP contribution in [0.3, 0.4) is 0 Å². The molecule has 0 fully saturated rings. The number of nitrogens with one attached hydrogen (secondary N) is 2. The number of methoxy groups -OCH3 is 1. The van der Waals surface area contributed by atoms with Crippen LogP contribution in [0.25, 0.3) is 0 Å². The zero-order valence-electron chi connectivity index (χ0n) is 17.3. The van der Waals surface area contributed by atoms with E-state index in [2.05, 4.69) is 15.8 Å². The molecule has 2 amide bonds. The first-order valence-electron chi connectivity index (χ1n) is 9.60. The van der Waals surface area contributed by atoms with E-state index < -0.39 is 11.8 Å². The SMILES string of the molecule is COc1cccc(NC(=O)C(=O)N/N=C\c2cccc(OCc3ccc(C)cc3)c2)c1. The van der Waals surface area contributed by atoms with Gasteiger partial charge < -0.3 is 14.8 Å². The largest absolute Gasteiger partial charge is 0.497 e. The van der Waals surface area contributed by atoms with Crippen molar-refractivity contribution in [3.05, 3.63) is 89.5 Å². The van der Waals surface area contributed by atoms with Gasteiger partial charge in [-0.05, 0) is 42.3 Å². The number of hydrogen-bond donors (Lipinski definition) is 2. The molecule has 0 aliphatic rings. The van der Waals surface area contributed by atoms with E-state index >= 15 is 0 Å². The monoisotopic (exact) mass is 417 g/mol. The zero-order valence-corrected chi connectivity index (χ0v) is 17.3. The third kappa shape index (κ3) is 6.71. The molecule has 7 heteroatoms. The van der Waals surface area contributed by atoms with Gasteiger partial charge >= 0.3 is 11.8 Å². The summed E-state index contributed by atoms with van der Waals surface area (Å²) in [6, 6.07) is 22.1. The highest BCUT2D eigenvalue weighted by Gasteiger charge is 2.13. The topological polar surface area (TPSA) is 89.0 Å². The maximum atomic E-state index is 12.0. The predicted octanol–water partition coefficient (Wildman–Crippen LogP) is 3.67. The van der Waals surface area contributed by atoms with Crippen molar-refractivity contribution >= 4 is 23.7 Å². The number of benzene rings is 3. The first-order valence-corrected chi connectivity index (χ1v) is 9.60. The van der Waals surface area contributed by atoms with Gasteiger partial charge in [0.1, 0.15) is 18.1 Å². The molecule has 3 aromatic carbocycles. The molecule has 31 heavy (non-hydrogen) atoms. The first-order chi connectivity index (χ1) is 15.0. The van der Waals surface area contributed by atoms with Crippen LogP contribution in [-0.4, -0.2) is 25.1 Å².